The highest BCUT2D eigenvalue weighted by molar-refractivity contribution is 9.10. The Morgan fingerprint density at radius 3 is 2.70 bits per heavy atom. The predicted molar refractivity (Wildman–Crippen MR) is 91.6 cm³/mol. The van der Waals surface area contributed by atoms with Gasteiger partial charge < -0.3 is 9.73 Å². The van der Waals surface area contributed by atoms with Gasteiger partial charge in [-0.05, 0) is 41.5 Å². The van der Waals surface area contributed by atoms with E-state index in [1.165, 1.54) is 0 Å². The van der Waals surface area contributed by atoms with Gasteiger partial charge in [0.1, 0.15) is 5.76 Å². The largest absolute Gasteiger partial charge is 0.464 e. The quantitative estimate of drug-likeness (QED) is 0.739. The molecule has 0 bridgehead atoms. The third-order valence-corrected chi connectivity index (χ3v) is 3.90. The normalized spacial score (nSPS) is 10.5. The first-order valence-electron chi connectivity index (χ1n) is 7.19. The van der Waals surface area contributed by atoms with Gasteiger partial charge in [-0.1, -0.05) is 28.1 Å². The fourth-order valence-electron chi connectivity index (χ4n) is 2.21. The molecular weight excluding hydrogens is 356 g/mol. The molecule has 0 aliphatic rings. The molecule has 0 unspecified atom stereocenters. The summed E-state index contributed by atoms with van der Waals surface area (Å²) in [6, 6.07) is 13.4. The standard InChI is InChI=1S/C18H15BrN2O2/c19-16-5-3-13(4-6-16)9-18(22)21-11-14-8-15(12-20-10-14)17-2-1-7-23-17/h1-8,10,12H,9,11H2,(H,21,22). The summed E-state index contributed by atoms with van der Waals surface area (Å²) in [5.74, 6) is 0.747. The van der Waals surface area contributed by atoms with Gasteiger partial charge in [0.05, 0.1) is 12.7 Å². The average molecular weight is 371 g/mol. The van der Waals surface area contributed by atoms with Crippen molar-refractivity contribution in [3.8, 4) is 11.3 Å². The number of carbonyl (C=O) groups is 1. The number of hydrogen-bond donors (Lipinski definition) is 1. The average Bonchev–Trinajstić information content (AvgIpc) is 3.10. The minimum absolute atomic E-state index is 0.0178. The van der Waals surface area contributed by atoms with Crippen molar-refractivity contribution in [1.82, 2.24) is 10.3 Å². The van der Waals surface area contributed by atoms with Crippen LogP contribution in [0.3, 0.4) is 0 Å². The monoisotopic (exact) mass is 370 g/mol. The van der Waals surface area contributed by atoms with Gasteiger partial charge in [0.15, 0.2) is 0 Å². The van der Waals surface area contributed by atoms with Crippen molar-refractivity contribution in [2.24, 2.45) is 0 Å². The molecule has 4 nitrogen and oxygen atoms in total. The van der Waals surface area contributed by atoms with Crippen molar-refractivity contribution in [1.29, 1.82) is 0 Å². The zero-order valence-corrected chi connectivity index (χ0v) is 13.9. The summed E-state index contributed by atoms with van der Waals surface area (Å²) in [6.07, 6.45) is 5.47. The number of furan rings is 1. The molecule has 5 heteroatoms. The van der Waals surface area contributed by atoms with Crippen LogP contribution in [0.5, 0.6) is 0 Å². The third kappa shape index (κ3) is 4.29. The van der Waals surface area contributed by atoms with Crippen molar-refractivity contribution in [3.05, 3.63) is 76.7 Å². The van der Waals surface area contributed by atoms with Crippen molar-refractivity contribution in [2.45, 2.75) is 13.0 Å². The van der Waals surface area contributed by atoms with Crippen LogP contribution >= 0.6 is 15.9 Å². The lowest BCUT2D eigenvalue weighted by Crippen LogP contribution is -2.24. The van der Waals surface area contributed by atoms with Gasteiger partial charge in [0, 0.05) is 29.0 Å². The number of rotatable bonds is 5. The molecule has 1 aromatic carbocycles. The van der Waals surface area contributed by atoms with E-state index < -0.39 is 0 Å². The molecule has 0 fully saturated rings. The van der Waals surface area contributed by atoms with Crippen molar-refractivity contribution in [3.63, 3.8) is 0 Å². The molecule has 0 saturated carbocycles. The van der Waals surface area contributed by atoms with E-state index in [4.69, 9.17) is 4.42 Å². The Labute approximate surface area is 142 Å². The number of nitrogens with zero attached hydrogens (tertiary/aromatic N) is 1. The number of benzene rings is 1. The first-order valence-corrected chi connectivity index (χ1v) is 7.99. The molecule has 0 saturated heterocycles. The SMILES string of the molecule is O=C(Cc1ccc(Br)cc1)NCc1cncc(-c2ccco2)c1. The van der Waals surface area contributed by atoms with E-state index >= 15 is 0 Å². The number of carbonyl (C=O) groups excluding carboxylic acids is 1. The zero-order valence-electron chi connectivity index (χ0n) is 12.3. The summed E-state index contributed by atoms with van der Waals surface area (Å²) in [5.41, 5.74) is 2.81. The van der Waals surface area contributed by atoms with E-state index in [1.54, 1.807) is 18.7 Å². The van der Waals surface area contributed by atoms with E-state index in [1.807, 2.05) is 42.5 Å². The van der Waals surface area contributed by atoms with E-state index in [0.717, 1.165) is 26.9 Å². The Balaban J connectivity index is 1.58. The molecule has 23 heavy (non-hydrogen) atoms. The Hall–Kier alpha value is -2.40. The van der Waals surface area contributed by atoms with Crippen molar-refractivity contribution < 1.29 is 9.21 Å². The van der Waals surface area contributed by atoms with Gasteiger partial charge in [-0.25, -0.2) is 0 Å². The van der Waals surface area contributed by atoms with Crippen LogP contribution < -0.4 is 5.32 Å². The minimum Gasteiger partial charge on any atom is -0.464 e. The van der Waals surface area contributed by atoms with Gasteiger partial charge >= 0.3 is 0 Å². The van der Waals surface area contributed by atoms with E-state index in [2.05, 4.69) is 26.2 Å². The summed E-state index contributed by atoms with van der Waals surface area (Å²) < 4.78 is 6.36. The fourth-order valence-corrected chi connectivity index (χ4v) is 2.48. The topological polar surface area (TPSA) is 55.1 Å². The summed E-state index contributed by atoms with van der Waals surface area (Å²) in [7, 11) is 0. The van der Waals surface area contributed by atoms with Gasteiger partial charge in [-0.2, -0.15) is 0 Å². The molecule has 2 aromatic heterocycles. The number of nitrogens with one attached hydrogen (secondary N) is 1. The Morgan fingerprint density at radius 1 is 1.13 bits per heavy atom. The summed E-state index contributed by atoms with van der Waals surface area (Å²) in [4.78, 5) is 16.2. The molecule has 0 spiro atoms. The van der Waals surface area contributed by atoms with Crippen LogP contribution in [0.1, 0.15) is 11.1 Å². The third-order valence-electron chi connectivity index (χ3n) is 3.37. The highest BCUT2D eigenvalue weighted by atomic mass is 79.9. The smallest absolute Gasteiger partial charge is 0.224 e. The number of aromatic nitrogens is 1. The molecule has 0 radical (unpaired) electrons. The summed E-state index contributed by atoms with van der Waals surface area (Å²) >= 11 is 3.38. The van der Waals surface area contributed by atoms with Gasteiger partial charge in [-0.3, -0.25) is 9.78 Å². The fraction of sp³-hybridized carbons (Fsp3) is 0.111. The first kappa shape index (κ1) is 15.5. The number of amides is 1. The van der Waals surface area contributed by atoms with Crippen molar-refractivity contribution in [2.75, 3.05) is 0 Å². The van der Waals surface area contributed by atoms with Crippen LogP contribution in [0.15, 0.2) is 70.0 Å². The Bertz CT molecular complexity index is 783. The maximum Gasteiger partial charge on any atom is 0.224 e. The first-order chi connectivity index (χ1) is 11.2. The number of pyridine rings is 1. The van der Waals surface area contributed by atoms with Crippen LogP contribution in [0, 0.1) is 0 Å². The highest BCUT2D eigenvalue weighted by Gasteiger charge is 2.06. The van der Waals surface area contributed by atoms with Crippen LogP contribution in [0.2, 0.25) is 0 Å². The maximum atomic E-state index is 12.0. The predicted octanol–water partition coefficient (Wildman–Crippen LogP) is 3.96. The lowest BCUT2D eigenvalue weighted by molar-refractivity contribution is -0.120. The summed E-state index contributed by atoms with van der Waals surface area (Å²) in [6.45, 7) is 0.441. The van der Waals surface area contributed by atoms with Crippen LogP contribution in [0.25, 0.3) is 11.3 Å². The van der Waals surface area contributed by atoms with Gasteiger partial charge in [0.2, 0.25) is 5.91 Å². The second-order valence-corrected chi connectivity index (χ2v) is 6.05. The van der Waals surface area contributed by atoms with Crippen LogP contribution in [0.4, 0.5) is 0 Å². The van der Waals surface area contributed by atoms with Gasteiger partial charge in [0.25, 0.3) is 0 Å². The molecule has 0 aliphatic heterocycles. The highest BCUT2D eigenvalue weighted by Crippen LogP contribution is 2.19. The van der Waals surface area contributed by atoms with Gasteiger partial charge in [-0.15, -0.1) is 0 Å². The minimum atomic E-state index is -0.0178. The Kier molecular flexibility index (Phi) is 4.88. The Morgan fingerprint density at radius 2 is 1.96 bits per heavy atom. The molecule has 2 heterocycles. The second-order valence-electron chi connectivity index (χ2n) is 5.14. The van der Waals surface area contributed by atoms with E-state index in [0.29, 0.717) is 13.0 Å². The van der Waals surface area contributed by atoms with Crippen LogP contribution in [-0.2, 0) is 17.8 Å². The number of halogens is 1. The second kappa shape index (κ2) is 7.24. The van der Waals surface area contributed by atoms with Crippen LogP contribution in [-0.4, -0.2) is 10.9 Å². The number of hydrogen-bond acceptors (Lipinski definition) is 3. The molecule has 116 valence electrons. The van der Waals surface area contributed by atoms with E-state index in [-0.39, 0.29) is 5.91 Å². The molecule has 0 atom stereocenters. The molecule has 0 aliphatic carbocycles. The summed E-state index contributed by atoms with van der Waals surface area (Å²) in [5, 5.41) is 2.91. The molecule has 3 rings (SSSR count). The lowest BCUT2D eigenvalue weighted by atomic mass is 10.1. The molecule has 3 aromatic rings. The van der Waals surface area contributed by atoms with Crippen molar-refractivity contribution >= 4 is 21.8 Å². The van der Waals surface area contributed by atoms with E-state index in [9.17, 15) is 4.79 Å². The maximum absolute atomic E-state index is 12.0. The molecule has 1 N–H and O–H groups in total. The zero-order chi connectivity index (χ0) is 16.1. The molecule has 1 amide bonds. The molecular formula is C18H15BrN2O2. The lowest BCUT2D eigenvalue weighted by Gasteiger charge is -2.06.